The molecule has 140 valence electrons. The molecule has 0 spiro atoms. The molecule has 1 rings (SSSR count). The molecule has 0 bridgehead atoms. The summed E-state index contributed by atoms with van der Waals surface area (Å²) < 4.78 is 9.64. The maximum atomic E-state index is 11.9. The molecule has 0 fully saturated rings. The van der Waals surface area contributed by atoms with E-state index in [1.54, 1.807) is 27.7 Å². The van der Waals surface area contributed by atoms with Crippen molar-refractivity contribution in [2.45, 2.75) is 33.1 Å². The summed E-state index contributed by atoms with van der Waals surface area (Å²) >= 11 is 0. The first-order valence-corrected chi connectivity index (χ1v) is 7.51. The van der Waals surface area contributed by atoms with E-state index < -0.39 is 44.3 Å². The lowest BCUT2D eigenvalue weighted by atomic mass is 9.85. The van der Waals surface area contributed by atoms with E-state index in [1.807, 2.05) is 0 Å². The highest BCUT2D eigenvalue weighted by Gasteiger charge is 2.32. The number of ether oxygens (including phenoxy) is 2. The van der Waals surface area contributed by atoms with Crippen molar-refractivity contribution >= 4 is 23.3 Å². The summed E-state index contributed by atoms with van der Waals surface area (Å²) in [6.07, 6.45) is 1.58. The lowest BCUT2D eigenvalue weighted by molar-refractivity contribution is -0.394. The number of carbonyl (C=O) groups excluding carboxylic acids is 2. The van der Waals surface area contributed by atoms with Crippen LogP contribution in [0.25, 0.3) is 0 Å². The van der Waals surface area contributed by atoms with Crippen LogP contribution in [0, 0.1) is 20.2 Å². The third-order valence-electron chi connectivity index (χ3n) is 3.11. The van der Waals surface area contributed by atoms with Crippen LogP contribution >= 0.6 is 0 Å². The number of hydrogen-bond donors (Lipinski definition) is 0. The van der Waals surface area contributed by atoms with Crippen molar-refractivity contribution in [2.75, 3.05) is 6.61 Å². The SMILES string of the molecule is CCOC(=O)C=CC(=O)Oc1c([N+](=O)[O-])cc([N+](=O)[O-])cc1C(C)(C)C. The Labute approximate surface area is 148 Å². The van der Waals surface area contributed by atoms with E-state index in [0.29, 0.717) is 6.07 Å². The Morgan fingerprint density at radius 3 is 2.12 bits per heavy atom. The van der Waals surface area contributed by atoms with Crippen LogP contribution in [0.1, 0.15) is 33.3 Å². The van der Waals surface area contributed by atoms with Gasteiger partial charge in [0.2, 0.25) is 5.75 Å². The van der Waals surface area contributed by atoms with E-state index in [4.69, 9.17) is 4.74 Å². The molecule has 1 aromatic rings. The average molecular weight is 366 g/mol. The Balaban J connectivity index is 3.39. The fraction of sp³-hybridized carbons (Fsp3) is 0.375. The van der Waals surface area contributed by atoms with Gasteiger partial charge in [0.15, 0.2) is 0 Å². The predicted octanol–water partition coefficient (Wildman–Crippen LogP) is 2.83. The third kappa shape index (κ3) is 5.36. The number of non-ortho nitro benzene ring substituents is 1. The van der Waals surface area contributed by atoms with E-state index in [-0.39, 0.29) is 12.2 Å². The van der Waals surface area contributed by atoms with Gasteiger partial charge < -0.3 is 9.47 Å². The van der Waals surface area contributed by atoms with E-state index in [1.165, 1.54) is 0 Å². The smallest absolute Gasteiger partial charge is 0.336 e. The number of carbonyl (C=O) groups is 2. The Hall–Kier alpha value is -3.30. The lowest BCUT2D eigenvalue weighted by Crippen LogP contribution is -2.17. The monoisotopic (exact) mass is 366 g/mol. The van der Waals surface area contributed by atoms with Gasteiger partial charge in [-0.15, -0.1) is 0 Å². The molecule has 10 heteroatoms. The van der Waals surface area contributed by atoms with Crippen LogP contribution in [0.4, 0.5) is 11.4 Å². The molecule has 0 saturated carbocycles. The van der Waals surface area contributed by atoms with Crippen molar-refractivity contribution in [3.8, 4) is 5.75 Å². The number of nitrogens with zero attached hydrogens (tertiary/aromatic N) is 2. The molecule has 0 heterocycles. The molecular formula is C16H18N2O8. The summed E-state index contributed by atoms with van der Waals surface area (Å²) in [5, 5.41) is 22.3. The minimum atomic E-state index is -1.06. The van der Waals surface area contributed by atoms with Gasteiger partial charge in [-0.1, -0.05) is 20.8 Å². The highest BCUT2D eigenvalue weighted by molar-refractivity contribution is 5.93. The molecule has 0 amide bonds. The molecule has 10 nitrogen and oxygen atoms in total. The van der Waals surface area contributed by atoms with Gasteiger partial charge in [0.05, 0.1) is 22.5 Å². The molecule has 0 radical (unpaired) electrons. The number of rotatable bonds is 6. The topological polar surface area (TPSA) is 139 Å². The van der Waals surface area contributed by atoms with E-state index >= 15 is 0 Å². The quantitative estimate of drug-likeness (QED) is 0.246. The first-order valence-electron chi connectivity index (χ1n) is 7.51. The molecule has 1 aromatic carbocycles. The van der Waals surface area contributed by atoms with Crippen LogP contribution < -0.4 is 4.74 Å². The molecule has 0 unspecified atom stereocenters. The minimum Gasteiger partial charge on any atom is -0.463 e. The highest BCUT2D eigenvalue weighted by atomic mass is 16.6. The number of benzene rings is 1. The van der Waals surface area contributed by atoms with Crippen LogP contribution in [0.3, 0.4) is 0 Å². The van der Waals surface area contributed by atoms with Gasteiger partial charge in [-0.3, -0.25) is 20.2 Å². The Morgan fingerprint density at radius 2 is 1.65 bits per heavy atom. The minimum absolute atomic E-state index is 0.108. The fourth-order valence-corrected chi connectivity index (χ4v) is 1.97. The molecule has 0 aliphatic carbocycles. The van der Waals surface area contributed by atoms with Crippen LogP contribution in [0.15, 0.2) is 24.3 Å². The lowest BCUT2D eigenvalue weighted by Gasteiger charge is -2.21. The summed E-state index contributed by atoms with van der Waals surface area (Å²) in [6.45, 7) is 6.66. The molecule has 0 aromatic heterocycles. The average Bonchev–Trinajstić information content (AvgIpc) is 2.51. The Morgan fingerprint density at radius 1 is 1.08 bits per heavy atom. The van der Waals surface area contributed by atoms with Crippen molar-refractivity contribution in [2.24, 2.45) is 0 Å². The van der Waals surface area contributed by atoms with Crippen molar-refractivity contribution < 1.29 is 28.9 Å². The van der Waals surface area contributed by atoms with Gasteiger partial charge in [-0.25, -0.2) is 9.59 Å². The van der Waals surface area contributed by atoms with Crippen LogP contribution in [0.2, 0.25) is 0 Å². The number of nitro benzene ring substituents is 2. The summed E-state index contributed by atoms with van der Waals surface area (Å²) in [5.74, 6) is -2.24. The maximum absolute atomic E-state index is 11.9. The second-order valence-corrected chi connectivity index (χ2v) is 6.11. The first kappa shape index (κ1) is 20.7. The zero-order valence-electron chi connectivity index (χ0n) is 14.7. The van der Waals surface area contributed by atoms with Crippen LogP contribution in [-0.4, -0.2) is 28.4 Å². The summed E-state index contributed by atoms with van der Waals surface area (Å²) in [6, 6.07) is 1.83. The molecule has 0 aliphatic heterocycles. The Kier molecular flexibility index (Phi) is 6.53. The molecule has 0 aliphatic rings. The van der Waals surface area contributed by atoms with Crippen LogP contribution in [-0.2, 0) is 19.7 Å². The van der Waals surface area contributed by atoms with Crippen molar-refractivity contribution in [1.29, 1.82) is 0 Å². The van der Waals surface area contributed by atoms with Gasteiger partial charge in [0, 0.05) is 23.8 Å². The summed E-state index contributed by atoms with van der Waals surface area (Å²) in [7, 11) is 0. The second kappa shape index (κ2) is 8.19. The van der Waals surface area contributed by atoms with Gasteiger partial charge in [0.1, 0.15) is 0 Å². The van der Waals surface area contributed by atoms with Gasteiger partial charge in [0.25, 0.3) is 5.69 Å². The van der Waals surface area contributed by atoms with Crippen molar-refractivity contribution in [3.05, 3.63) is 50.1 Å². The van der Waals surface area contributed by atoms with Gasteiger partial charge in [-0.05, 0) is 12.3 Å². The fourth-order valence-electron chi connectivity index (χ4n) is 1.97. The van der Waals surface area contributed by atoms with Crippen LogP contribution in [0.5, 0.6) is 5.75 Å². The summed E-state index contributed by atoms with van der Waals surface area (Å²) in [4.78, 5) is 43.8. The second-order valence-electron chi connectivity index (χ2n) is 6.11. The molecule has 0 N–H and O–H groups in total. The predicted molar refractivity (Wildman–Crippen MR) is 89.9 cm³/mol. The van der Waals surface area contributed by atoms with Gasteiger partial charge >= 0.3 is 17.6 Å². The maximum Gasteiger partial charge on any atom is 0.336 e. The molecule has 0 atom stereocenters. The van der Waals surface area contributed by atoms with Gasteiger partial charge in [-0.2, -0.15) is 0 Å². The van der Waals surface area contributed by atoms with Crippen molar-refractivity contribution in [3.63, 3.8) is 0 Å². The zero-order valence-corrected chi connectivity index (χ0v) is 14.7. The number of nitro groups is 2. The number of hydrogen-bond acceptors (Lipinski definition) is 8. The molecular weight excluding hydrogens is 348 g/mol. The Bertz CT molecular complexity index is 777. The normalized spacial score (nSPS) is 11.2. The van der Waals surface area contributed by atoms with Crippen molar-refractivity contribution in [1.82, 2.24) is 0 Å². The largest absolute Gasteiger partial charge is 0.463 e. The molecule has 26 heavy (non-hydrogen) atoms. The zero-order chi connectivity index (χ0) is 20.1. The number of esters is 2. The highest BCUT2D eigenvalue weighted by Crippen LogP contribution is 2.41. The van der Waals surface area contributed by atoms with E-state index in [0.717, 1.165) is 18.2 Å². The van der Waals surface area contributed by atoms with E-state index in [9.17, 15) is 29.8 Å². The van der Waals surface area contributed by atoms with E-state index in [2.05, 4.69) is 4.74 Å². The standard InChI is InChI=1S/C16H18N2O8/c1-5-25-13(19)6-7-14(20)26-15-11(16(2,3)4)8-10(17(21)22)9-12(15)18(23)24/h6-9H,5H2,1-4H3. The summed E-state index contributed by atoms with van der Waals surface area (Å²) in [5.41, 5.74) is -1.90. The third-order valence-corrected chi connectivity index (χ3v) is 3.11. The first-order chi connectivity index (χ1) is 12.0. The molecule has 0 saturated heterocycles.